The largest absolute Gasteiger partial charge is 0.507 e. The molecule has 0 bridgehead atoms. The predicted molar refractivity (Wildman–Crippen MR) is 54.2 cm³/mol. The summed E-state index contributed by atoms with van der Waals surface area (Å²) in [5, 5.41) is 9.58. The van der Waals surface area contributed by atoms with Gasteiger partial charge in [-0.1, -0.05) is 0 Å². The van der Waals surface area contributed by atoms with Crippen molar-refractivity contribution >= 4 is 11.6 Å². The van der Waals surface area contributed by atoms with Gasteiger partial charge in [-0.2, -0.15) is 4.58 Å². The molecule has 2 heterocycles. The Morgan fingerprint density at radius 1 is 1.11 bits per heavy atom. The fourth-order valence-electron chi connectivity index (χ4n) is 1.71. The second-order valence-electron chi connectivity index (χ2n) is 3.88. The fourth-order valence-corrected chi connectivity index (χ4v) is 1.90. The van der Waals surface area contributed by atoms with Gasteiger partial charge in [0.25, 0.3) is 0 Å². The number of halogens is 2. The van der Waals surface area contributed by atoms with Crippen LogP contribution in [0.2, 0.25) is 5.22 Å². The van der Waals surface area contributed by atoms with E-state index in [1.807, 2.05) is 0 Å². The average molecular weight is 314 g/mol. The van der Waals surface area contributed by atoms with Gasteiger partial charge in [-0.25, -0.2) is 18.6 Å². The van der Waals surface area contributed by atoms with Crippen LogP contribution in [0.15, 0.2) is 16.5 Å². The zero-order valence-corrected chi connectivity index (χ0v) is 11.4. The van der Waals surface area contributed by atoms with Gasteiger partial charge in [-0.05, 0) is 18.0 Å². The lowest BCUT2D eigenvalue weighted by Gasteiger charge is -2.17. The summed E-state index contributed by atoms with van der Waals surface area (Å²) in [6.07, 6.45) is 3.61. The van der Waals surface area contributed by atoms with Crippen LogP contribution in [-0.4, -0.2) is 18.2 Å². The highest BCUT2D eigenvalue weighted by Crippen LogP contribution is 2.12. The maximum absolute atomic E-state index is 9.35. The molecule has 7 nitrogen and oxygen atoms in total. The molecule has 108 valence electrons. The highest BCUT2D eigenvalue weighted by atomic mass is 35.7. The first-order chi connectivity index (χ1) is 8.75. The number of piperidine rings is 1. The molecule has 0 atom stereocenters. The van der Waals surface area contributed by atoms with Crippen LogP contribution in [0.25, 0.3) is 0 Å². The number of rotatable bonds is 0. The molecular formula is C10H13Cl2NO6. The van der Waals surface area contributed by atoms with Crippen molar-refractivity contribution in [3.63, 3.8) is 0 Å². The van der Waals surface area contributed by atoms with Crippen molar-refractivity contribution in [3.8, 4) is 5.75 Å². The van der Waals surface area contributed by atoms with E-state index in [2.05, 4.69) is 4.58 Å². The molecule has 2 rings (SSSR count). The molecule has 1 aliphatic rings. The lowest BCUT2D eigenvalue weighted by atomic mass is 10.2. The molecule has 0 spiro atoms. The molecule has 1 fully saturated rings. The van der Waals surface area contributed by atoms with Crippen LogP contribution in [0.3, 0.4) is 0 Å². The molecule has 0 amide bonds. The second-order valence-corrected chi connectivity index (χ2v) is 5.01. The van der Waals surface area contributed by atoms with Crippen molar-refractivity contribution in [3.05, 3.63) is 22.9 Å². The summed E-state index contributed by atoms with van der Waals surface area (Å²) in [4.78, 5) is 0. The van der Waals surface area contributed by atoms with Gasteiger partial charge < -0.3 is 9.52 Å². The van der Waals surface area contributed by atoms with E-state index in [4.69, 9.17) is 34.7 Å². The molecule has 0 aromatic carbocycles. The van der Waals surface area contributed by atoms with Crippen molar-refractivity contribution in [2.45, 2.75) is 19.3 Å². The fraction of sp³-hybridized carbons (Fsp3) is 0.500. The molecule has 0 aliphatic carbocycles. The minimum Gasteiger partial charge on any atom is -0.507 e. The van der Waals surface area contributed by atoms with Gasteiger partial charge in [0.2, 0.25) is 5.22 Å². The highest BCUT2D eigenvalue weighted by molar-refractivity contribution is 6.28. The lowest BCUT2D eigenvalue weighted by Crippen LogP contribution is -2.68. The Labute approximate surface area is 116 Å². The second kappa shape index (κ2) is 7.09. The average Bonchev–Trinajstić information content (AvgIpc) is 2.26. The van der Waals surface area contributed by atoms with Crippen LogP contribution in [-0.2, 0) is 0 Å². The first kappa shape index (κ1) is 16.2. The maximum Gasteiger partial charge on any atom is 0.372 e. The molecule has 1 N–H and O–H groups in total. The van der Waals surface area contributed by atoms with Gasteiger partial charge in [-0.3, -0.25) is 0 Å². The quantitative estimate of drug-likeness (QED) is 0.503. The van der Waals surface area contributed by atoms with Gasteiger partial charge in [-0.15, -0.1) is 10.2 Å². The first-order valence-electron chi connectivity index (χ1n) is 5.45. The molecule has 1 aromatic rings. The van der Waals surface area contributed by atoms with E-state index in [1.165, 1.54) is 25.3 Å². The summed E-state index contributed by atoms with van der Waals surface area (Å²) in [6.45, 7) is 1.95. The molecule has 9 heteroatoms. The van der Waals surface area contributed by atoms with Crippen LogP contribution in [0.4, 0.5) is 0 Å². The molecule has 0 radical (unpaired) electrons. The minimum absolute atomic E-state index is 0.154. The molecule has 1 aliphatic heterocycles. The third-order valence-corrected chi connectivity index (χ3v) is 2.59. The van der Waals surface area contributed by atoms with Crippen molar-refractivity contribution in [1.82, 2.24) is 4.58 Å². The molecule has 1 saturated heterocycles. The normalized spacial score (nSPS) is 15.7. The third kappa shape index (κ3) is 7.36. The van der Waals surface area contributed by atoms with Crippen molar-refractivity contribution < 1.29 is 38.4 Å². The SMILES string of the molecule is Oc1cc(Cl)oc(=[N+]2CCCCC2)c1.[O-][Cl+3]([O-])([O-])[O-]. The molecule has 0 unspecified atom stereocenters. The summed E-state index contributed by atoms with van der Waals surface area (Å²) < 4.78 is 41.4. The Morgan fingerprint density at radius 3 is 2.11 bits per heavy atom. The lowest BCUT2D eigenvalue weighted by molar-refractivity contribution is -2.00. The number of aromatic hydroxyl groups is 1. The van der Waals surface area contributed by atoms with Crippen molar-refractivity contribution in [2.75, 3.05) is 13.1 Å². The van der Waals surface area contributed by atoms with E-state index in [1.54, 1.807) is 6.07 Å². The smallest absolute Gasteiger partial charge is 0.372 e. The van der Waals surface area contributed by atoms with Crippen LogP contribution < -0.4 is 28.8 Å². The highest BCUT2D eigenvalue weighted by Gasteiger charge is 2.13. The van der Waals surface area contributed by atoms with Gasteiger partial charge in [0.1, 0.15) is 18.8 Å². The summed E-state index contributed by atoms with van der Waals surface area (Å²) in [6, 6.07) is 3.01. The Kier molecular flexibility index (Phi) is 6.05. The van der Waals surface area contributed by atoms with Gasteiger partial charge in [0.05, 0.1) is 6.07 Å². The first-order valence-corrected chi connectivity index (χ1v) is 7.06. The summed E-state index contributed by atoms with van der Waals surface area (Å²) in [5.74, 6) is 0.154. The predicted octanol–water partition coefficient (Wildman–Crippen LogP) is -3.16. The Hall–Kier alpha value is -0.830. The van der Waals surface area contributed by atoms with E-state index >= 15 is 0 Å². The monoisotopic (exact) mass is 313 g/mol. The summed E-state index contributed by atoms with van der Waals surface area (Å²) >= 11 is 5.72. The Morgan fingerprint density at radius 2 is 1.63 bits per heavy atom. The topological polar surface area (TPSA) is 129 Å². The van der Waals surface area contributed by atoms with Crippen LogP contribution >= 0.6 is 11.6 Å². The standard InChI is InChI=1S/C10H12ClNO2.ClHO4/c11-9-6-8(13)7-10(14-9)12-4-2-1-3-5-12;2-1(3,4)5/h6-7H,1-5H2;(H,2,3,4,5). The van der Waals surface area contributed by atoms with Crippen LogP contribution in [0, 0.1) is 10.2 Å². The molecule has 1 aromatic heterocycles. The van der Waals surface area contributed by atoms with E-state index in [0.717, 1.165) is 13.1 Å². The number of hydrogen-bond acceptors (Lipinski definition) is 6. The molecule has 0 saturated carbocycles. The van der Waals surface area contributed by atoms with Gasteiger partial charge in [0, 0.05) is 18.9 Å². The zero-order chi connectivity index (χ0) is 14.5. The number of hydrogen-bond donors (Lipinski definition) is 1. The molecule has 19 heavy (non-hydrogen) atoms. The third-order valence-electron chi connectivity index (χ3n) is 2.40. The van der Waals surface area contributed by atoms with E-state index in [9.17, 15) is 5.11 Å². The van der Waals surface area contributed by atoms with Crippen molar-refractivity contribution in [2.24, 2.45) is 0 Å². The number of nitrogens with zero attached hydrogens (tertiary/aromatic N) is 1. The molecular weight excluding hydrogens is 301 g/mol. The van der Waals surface area contributed by atoms with Crippen LogP contribution in [0.5, 0.6) is 5.75 Å². The van der Waals surface area contributed by atoms with Crippen molar-refractivity contribution in [1.29, 1.82) is 0 Å². The van der Waals surface area contributed by atoms with E-state index < -0.39 is 10.2 Å². The minimum atomic E-state index is -4.94. The van der Waals surface area contributed by atoms with E-state index in [0.29, 0.717) is 5.55 Å². The van der Waals surface area contributed by atoms with E-state index in [-0.39, 0.29) is 11.0 Å². The maximum atomic E-state index is 9.35. The Balaban J connectivity index is 0.000000312. The van der Waals surface area contributed by atoms with Gasteiger partial charge in [0.15, 0.2) is 0 Å². The Bertz CT molecular complexity index is 444. The summed E-state index contributed by atoms with van der Waals surface area (Å²) in [5.41, 5.74) is 0.662. The van der Waals surface area contributed by atoms with Crippen LogP contribution in [0.1, 0.15) is 19.3 Å². The van der Waals surface area contributed by atoms with Gasteiger partial charge >= 0.3 is 5.55 Å². The zero-order valence-electron chi connectivity index (χ0n) is 9.88. The summed E-state index contributed by atoms with van der Waals surface area (Å²) in [7, 11) is -4.94.